The fourth-order valence-electron chi connectivity index (χ4n) is 2.03. The average Bonchev–Trinajstić information content (AvgIpc) is 2.55. The number of benzene rings is 2. The van der Waals surface area contributed by atoms with Gasteiger partial charge in [-0.25, -0.2) is 0 Å². The zero-order valence-corrected chi connectivity index (χ0v) is 14.1. The molecule has 6 nitrogen and oxygen atoms in total. The number of carbonyl (C=O) groups is 1. The number of nitrogens with zero attached hydrogens (tertiary/aromatic N) is 1. The lowest BCUT2D eigenvalue weighted by Crippen LogP contribution is -2.30. The Labute approximate surface area is 148 Å². The van der Waals surface area contributed by atoms with E-state index in [1.165, 1.54) is 12.1 Å². The van der Waals surface area contributed by atoms with Crippen molar-refractivity contribution in [3.05, 3.63) is 68.2 Å². The van der Waals surface area contributed by atoms with Gasteiger partial charge < -0.3 is 10.6 Å². The Kier molecular flexibility index (Phi) is 6.40. The van der Waals surface area contributed by atoms with Crippen LogP contribution in [0.4, 0.5) is 11.4 Å². The predicted molar refractivity (Wildman–Crippen MR) is 94.8 cm³/mol. The zero-order valence-electron chi connectivity index (χ0n) is 12.6. The Morgan fingerprint density at radius 3 is 2.25 bits per heavy atom. The molecule has 0 fully saturated rings. The number of nitro benzene ring substituents is 1. The van der Waals surface area contributed by atoms with Crippen molar-refractivity contribution in [2.45, 2.75) is 6.42 Å². The number of rotatable bonds is 7. The summed E-state index contributed by atoms with van der Waals surface area (Å²) in [6, 6.07) is 11.2. The van der Waals surface area contributed by atoms with Gasteiger partial charge in [-0.05, 0) is 29.8 Å². The number of amides is 1. The van der Waals surface area contributed by atoms with E-state index in [-0.39, 0.29) is 18.0 Å². The smallest absolute Gasteiger partial charge is 0.269 e. The summed E-state index contributed by atoms with van der Waals surface area (Å²) >= 11 is 12.1. The molecule has 8 heteroatoms. The lowest BCUT2D eigenvalue weighted by Gasteiger charge is -2.09. The van der Waals surface area contributed by atoms with E-state index < -0.39 is 4.92 Å². The molecule has 0 aliphatic heterocycles. The highest BCUT2D eigenvalue weighted by molar-refractivity contribution is 6.36. The van der Waals surface area contributed by atoms with Crippen LogP contribution in [0.25, 0.3) is 0 Å². The molecule has 0 aromatic heterocycles. The van der Waals surface area contributed by atoms with Gasteiger partial charge >= 0.3 is 0 Å². The van der Waals surface area contributed by atoms with Crippen LogP contribution in [0.3, 0.4) is 0 Å². The molecule has 0 atom stereocenters. The van der Waals surface area contributed by atoms with Crippen LogP contribution in [-0.4, -0.2) is 23.9 Å². The summed E-state index contributed by atoms with van der Waals surface area (Å²) in [5, 5.41) is 17.3. The van der Waals surface area contributed by atoms with Crippen LogP contribution in [0.5, 0.6) is 0 Å². The topological polar surface area (TPSA) is 84.3 Å². The molecule has 0 saturated carbocycles. The van der Waals surface area contributed by atoms with Crippen LogP contribution < -0.4 is 10.6 Å². The van der Waals surface area contributed by atoms with E-state index in [0.717, 1.165) is 5.69 Å². The summed E-state index contributed by atoms with van der Waals surface area (Å²) in [7, 11) is 0. The number of carbonyl (C=O) groups excluding carboxylic acids is 1. The second kappa shape index (κ2) is 8.52. The minimum atomic E-state index is -0.455. The van der Waals surface area contributed by atoms with Gasteiger partial charge in [-0.3, -0.25) is 14.9 Å². The van der Waals surface area contributed by atoms with E-state index >= 15 is 0 Å². The number of hydrogen-bond donors (Lipinski definition) is 2. The Balaban J connectivity index is 1.76. The van der Waals surface area contributed by atoms with E-state index in [0.29, 0.717) is 28.7 Å². The van der Waals surface area contributed by atoms with Crippen molar-refractivity contribution in [1.82, 2.24) is 5.32 Å². The Morgan fingerprint density at radius 2 is 1.67 bits per heavy atom. The number of hydrogen-bond acceptors (Lipinski definition) is 4. The summed E-state index contributed by atoms with van der Waals surface area (Å²) in [6.45, 7) is 0.887. The molecule has 0 radical (unpaired) electrons. The maximum Gasteiger partial charge on any atom is 0.269 e. The van der Waals surface area contributed by atoms with Gasteiger partial charge in [0, 0.05) is 41.0 Å². The lowest BCUT2D eigenvalue weighted by molar-refractivity contribution is -0.384. The SMILES string of the molecule is O=C(Cc1c(Cl)cccc1Cl)NCCNc1ccc([N+](=O)[O-])cc1. The van der Waals surface area contributed by atoms with Gasteiger partial charge in [-0.2, -0.15) is 0 Å². The Bertz CT molecular complexity index is 716. The number of nitrogens with one attached hydrogen (secondary N) is 2. The van der Waals surface area contributed by atoms with Crippen molar-refractivity contribution in [2.24, 2.45) is 0 Å². The van der Waals surface area contributed by atoms with Crippen LogP contribution in [0.2, 0.25) is 10.0 Å². The Morgan fingerprint density at radius 1 is 1.04 bits per heavy atom. The van der Waals surface area contributed by atoms with Gasteiger partial charge in [0.1, 0.15) is 0 Å². The van der Waals surface area contributed by atoms with Crippen molar-refractivity contribution in [2.75, 3.05) is 18.4 Å². The first kappa shape index (κ1) is 18.0. The highest BCUT2D eigenvalue weighted by Gasteiger charge is 2.10. The highest BCUT2D eigenvalue weighted by Crippen LogP contribution is 2.24. The zero-order chi connectivity index (χ0) is 17.5. The molecule has 1 amide bonds. The van der Waals surface area contributed by atoms with Crippen LogP contribution >= 0.6 is 23.2 Å². The predicted octanol–water partition coefficient (Wildman–Crippen LogP) is 3.67. The van der Waals surface area contributed by atoms with Gasteiger partial charge in [0.15, 0.2) is 0 Å². The molecule has 0 aliphatic rings. The van der Waals surface area contributed by atoms with Crippen molar-refractivity contribution in [3.8, 4) is 0 Å². The third kappa shape index (κ3) is 5.11. The number of non-ortho nitro benzene ring substituents is 1. The summed E-state index contributed by atoms with van der Waals surface area (Å²) in [6.07, 6.45) is 0.107. The molecular weight excluding hydrogens is 353 g/mol. The molecule has 24 heavy (non-hydrogen) atoms. The third-order valence-electron chi connectivity index (χ3n) is 3.25. The lowest BCUT2D eigenvalue weighted by atomic mass is 10.1. The number of nitro groups is 1. The van der Waals surface area contributed by atoms with Gasteiger partial charge in [-0.15, -0.1) is 0 Å². The Hall–Kier alpha value is -2.31. The summed E-state index contributed by atoms with van der Waals surface area (Å²) in [5.41, 5.74) is 1.37. The summed E-state index contributed by atoms with van der Waals surface area (Å²) in [4.78, 5) is 22.0. The van der Waals surface area contributed by atoms with Crippen LogP contribution in [0, 0.1) is 10.1 Å². The molecule has 0 spiro atoms. The first-order valence-corrected chi connectivity index (χ1v) is 7.91. The second-order valence-corrected chi connectivity index (χ2v) is 5.77. The molecule has 2 N–H and O–H groups in total. The molecule has 0 bridgehead atoms. The molecule has 2 rings (SSSR count). The van der Waals surface area contributed by atoms with Gasteiger partial charge in [0.25, 0.3) is 5.69 Å². The van der Waals surface area contributed by atoms with Crippen LogP contribution in [0.1, 0.15) is 5.56 Å². The van der Waals surface area contributed by atoms with Crippen molar-refractivity contribution in [3.63, 3.8) is 0 Å². The first-order chi connectivity index (χ1) is 11.5. The van der Waals surface area contributed by atoms with E-state index in [2.05, 4.69) is 10.6 Å². The fourth-order valence-corrected chi connectivity index (χ4v) is 2.57. The second-order valence-electron chi connectivity index (χ2n) is 4.96. The van der Waals surface area contributed by atoms with E-state index in [1.807, 2.05) is 0 Å². The molecule has 2 aromatic rings. The van der Waals surface area contributed by atoms with E-state index in [9.17, 15) is 14.9 Å². The highest BCUT2D eigenvalue weighted by atomic mass is 35.5. The molecular formula is C16H15Cl2N3O3. The standard InChI is InChI=1S/C16H15Cl2N3O3/c17-14-2-1-3-15(18)13(14)10-16(22)20-9-8-19-11-4-6-12(7-5-11)21(23)24/h1-7,19H,8-10H2,(H,20,22). The van der Waals surface area contributed by atoms with Crippen molar-refractivity contribution in [1.29, 1.82) is 0 Å². The fraction of sp³-hybridized carbons (Fsp3) is 0.188. The average molecular weight is 368 g/mol. The summed E-state index contributed by atoms with van der Waals surface area (Å²) in [5.74, 6) is -0.185. The quantitative estimate of drug-likeness (QED) is 0.444. The number of halogens is 2. The molecule has 0 aliphatic carbocycles. The van der Waals surface area contributed by atoms with E-state index in [4.69, 9.17) is 23.2 Å². The normalized spacial score (nSPS) is 10.2. The molecule has 0 unspecified atom stereocenters. The van der Waals surface area contributed by atoms with Crippen LogP contribution in [-0.2, 0) is 11.2 Å². The van der Waals surface area contributed by atoms with E-state index in [1.54, 1.807) is 30.3 Å². The first-order valence-electron chi connectivity index (χ1n) is 7.15. The van der Waals surface area contributed by atoms with Crippen molar-refractivity contribution < 1.29 is 9.72 Å². The maximum atomic E-state index is 11.9. The molecule has 0 heterocycles. The monoisotopic (exact) mass is 367 g/mol. The molecule has 126 valence electrons. The van der Waals surface area contributed by atoms with Gasteiger partial charge in [0.2, 0.25) is 5.91 Å². The number of anilines is 1. The van der Waals surface area contributed by atoms with Gasteiger partial charge in [0.05, 0.1) is 11.3 Å². The van der Waals surface area contributed by atoms with Crippen LogP contribution in [0.15, 0.2) is 42.5 Å². The maximum absolute atomic E-state index is 11.9. The minimum Gasteiger partial charge on any atom is -0.383 e. The third-order valence-corrected chi connectivity index (χ3v) is 3.96. The molecule has 0 saturated heterocycles. The largest absolute Gasteiger partial charge is 0.383 e. The molecule has 2 aromatic carbocycles. The van der Waals surface area contributed by atoms with Gasteiger partial charge in [-0.1, -0.05) is 29.3 Å². The summed E-state index contributed by atoms with van der Waals surface area (Å²) < 4.78 is 0. The minimum absolute atomic E-state index is 0.0328. The van der Waals surface area contributed by atoms with Crippen molar-refractivity contribution >= 4 is 40.5 Å².